The molecule has 0 radical (unpaired) electrons. The smallest absolute Gasteiger partial charge is 0.230 e. The lowest BCUT2D eigenvalue weighted by molar-refractivity contribution is 0.120. The zero-order chi connectivity index (χ0) is 16.4. The number of nitrogens with zero attached hydrogens (tertiary/aromatic N) is 3. The van der Waals surface area contributed by atoms with Crippen LogP contribution in [0.25, 0.3) is 0 Å². The molecule has 2 aliphatic rings. The first-order valence-electron chi connectivity index (χ1n) is 9.12. The van der Waals surface area contributed by atoms with Crippen molar-refractivity contribution in [3.8, 4) is 5.75 Å². The molecule has 2 heterocycles. The molecule has 1 aromatic carbocycles. The third kappa shape index (κ3) is 3.78. The number of hydrogen-bond acceptors (Lipinski definition) is 5. The Labute approximate surface area is 142 Å². The predicted molar refractivity (Wildman–Crippen MR) is 90.7 cm³/mol. The van der Waals surface area contributed by atoms with Gasteiger partial charge in [-0.25, -0.2) is 0 Å². The number of aromatic nitrogens is 2. The molecule has 0 amide bonds. The van der Waals surface area contributed by atoms with Gasteiger partial charge in [-0.05, 0) is 62.8 Å². The summed E-state index contributed by atoms with van der Waals surface area (Å²) in [6.45, 7) is 1.89. The van der Waals surface area contributed by atoms with Crippen molar-refractivity contribution in [3.63, 3.8) is 0 Å². The second-order valence-corrected chi connectivity index (χ2v) is 7.13. The molecule has 1 aliphatic heterocycles. The molecular formula is C19H25N3O2. The molecule has 1 saturated heterocycles. The molecule has 5 nitrogen and oxygen atoms in total. The summed E-state index contributed by atoms with van der Waals surface area (Å²) in [6.07, 6.45) is 8.35. The van der Waals surface area contributed by atoms with E-state index in [1.54, 1.807) is 12.1 Å². The maximum atomic E-state index is 9.39. The summed E-state index contributed by atoms with van der Waals surface area (Å²) >= 11 is 0. The van der Waals surface area contributed by atoms with E-state index < -0.39 is 0 Å². The number of benzene rings is 1. The molecule has 1 aliphatic carbocycles. The maximum Gasteiger partial charge on any atom is 0.230 e. The summed E-state index contributed by atoms with van der Waals surface area (Å²) < 4.78 is 5.84. The van der Waals surface area contributed by atoms with Crippen LogP contribution in [0.3, 0.4) is 0 Å². The van der Waals surface area contributed by atoms with Gasteiger partial charge in [-0.2, -0.15) is 0 Å². The van der Waals surface area contributed by atoms with Gasteiger partial charge in [0.05, 0.1) is 6.54 Å². The minimum atomic E-state index is 0.334. The number of phenolic OH excluding ortho intramolecular Hbond substituents is 1. The number of likely N-dealkylation sites (tertiary alicyclic amines) is 1. The molecule has 1 aromatic heterocycles. The summed E-state index contributed by atoms with van der Waals surface area (Å²) in [5.74, 6) is 2.47. The molecule has 24 heavy (non-hydrogen) atoms. The van der Waals surface area contributed by atoms with Gasteiger partial charge in [-0.3, -0.25) is 4.90 Å². The van der Waals surface area contributed by atoms with Crippen molar-refractivity contribution in [2.24, 2.45) is 0 Å². The Bertz CT molecular complexity index is 664. The van der Waals surface area contributed by atoms with Crippen LogP contribution in [-0.2, 0) is 13.0 Å². The lowest BCUT2D eigenvalue weighted by atomic mass is 9.96. The lowest BCUT2D eigenvalue weighted by Gasteiger charge is -2.34. The molecular weight excluding hydrogens is 302 g/mol. The van der Waals surface area contributed by atoms with E-state index in [-0.39, 0.29) is 0 Å². The Kier molecular flexibility index (Phi) is 4.52. The van der Waals surface area contributed by atoms with Gasteiger partial charge >= 0.3 is 0 Å². The molecule has 1 atom stereocenters. The molecule has 128 valence electrons. The fourth-order valence-electron chi connectivity index (χ4n) is 3.59. The minimum Gasteiger partial charge on any atom is -0.508 e. The monoisotopic (exact) mass is 327 g/mol. The van der Waals surface area contributed by atoms with Gasteiger partial charge in [-0.15, -0.1) is 10.2 Å². The fraction of sp³-hybridized carbons (Fsp3) is 0.579. The largest absolute Gasteiger partial charge is 0.508 e. The minimum absolute atomic E-state index is 0.334. The van der Waals surface area contributed by atoms with Gasteiger partial charge in [-0.1, -0.05) is 18.6 Å². The van der Waals surface area contributed by atoms with Crippen molar-refractivity contribution in [3.05, 3.63) is 41.6 Å². The Morgan fingerprint density at radius 1 is 1.08 bits per heavy atom. The Morgan fingerprint density at radius 2 is 1.92 bits per heavy atom. The summed E-state index contributed by atoms with van der Waals surface area (Å²) in [5, 5.41) is 17.8. The van der Waals surface area contributed by atoms with Crippen LogP contribution >= 0.6 is 0 Å². The third-order valence-electron chi connectivity index (χ3n) is 5.20. The molecule has 2 fully saturated rings. The highest BCUT2D eigenvalue weighted by Gasteiger charge is 2.30. The standard InChI is InChI=1S/C19H25N3O2/c23-17-10-5-14(6-11-17)4-9-16-3-1-2-12-22(16)13-18-20-21-19(24-18)15-7-8-15/h5-6,10-11,15-16,23H,1-4,7-9,12-13H2/t16-/m1/s1. The van der Waals surface area contributed by atoms with Crippen molar-refractivity contribution in [1.29, 1.82) is 0 Å². The van der Waals surface area contributed by atoms with Crippen molar-refractivity contribution in [2.45, 2.75) is 63.5 Å². The molecule has 2 aromatic rings. The first-order valence-corrected chi connectivity index (χ1v) is 9.12. The molecule has 1 N–H and O–H groups in total. The normalized spacial score (nSPS) is 21.9. The quantitative estimate of drug-likeness (QED) is 0.877. The van der Waals surface area contributed by atoms with E-state index in [4.69, 9.17) is 4.42 Å². The second kappa shape index (κ2) is 6.93. The molecule has 5 heteroatoms. The molecule has 0 spiro atoms. The first-order chi connectivity index (χ1) is 11.8. The van der Waals surface area contributed by atoms with Gasteiger partial charge in [0, 0.05) is 12.0 Å². The number of hydrogen-bond donors (Lipinski definition) is 1. The van der Waals surface area contributed by atoms with Gasteiger partial charge in [0.15, 0.2) is 0 Å². The van der Waals surface area contributed by atoms with E-state index in [0.29, 0.717) is 17.7 Å². The van der Waals surface area contributed by atoms with Crippen LogP contribution in [0.4, 0.5) is 0 Å². The number of piperidine rings is 1. The number of rotatable bonds is 6. The van der Waals surface area contributed by atoms with E-state index in [2.05, 4.69) is 15.1 Å². The van der Waals surface area contributed by atoms with Crippen LogP contribution in [0.2, 0.25) is 0 Å². The Morgan fingerprint density at radius 3 is 2.71 bits per heavy atom. The van der Waals surface area contributed by atoms with Crippen LogP contribution < -0.4 is 0 Å². The lowest BCUT2D eigenvalue weighted by Crippen LogP contribution is -2.39. The second-order valence-electron chi connectivity index (χ2n) is 7.13. The van der Waals surface area contributed by atoms with Crippen molar-refractivity contribution in [2.75, 3.05) is 6.54 Å². The third-order valence-corrected chi connectivity index (χ3v) is 5.20. The van der Waals surface area contributed by atoms with E-state index in [1.807, 2.05) is 12.1 Å². The van der Waals surface area contributed by atoms with Crippen LogP contribution in [0.1, 0.15) is 61.8 Å². The van der Waals surface area contributed by atoms with Crippen LogP contribution in [0, 0.1) is 0 Å². The number of aryl methyl sites for hydroxylation is 1. The SMILES string of the molecule is Oc1ccc(CC[C@H]2CCCCN2Cc2nnc(C3CC3)o2)cc1. The number of phenols is 1. The highest BCUT2D eigenvalue weighted by molar-refractivity contribution is 5.25. The van der Waals surface area contributed by atoms with E-state index in [1.165, 1.54) is 37.7 Å². The Balaban J connectivity index is 1.35. The first kappa shape index (κ1) is 15.6. The highest BCUT2D eigenvalue weighted by atomic mass is 16.4. The van der Waals surface area contributed by atoms with Gasteiger partial charge < -0.3 is 9.52 Å². The zero-order valence-electron chi connectivity index (χ0n) is 14.0. The average molecular weight is 327 g/mol. The van der Waals surface area contributed by atoms with Crippen LogP contribution in [0.15, 0.2) is 28.7 Å². The summed E-state index contributed by atoms with van der Waals surface area (Å²) in [6, 6.07) is 8.14. The summed E-state index contributed by atoms with van der Waals surface area (Å²) in [4.78, 5) is 2.51. The van der Waals surface area contributed by atoms with E-state index in [0.717, 1.165) is 37.7 Å². The highest BCUT2D eigenvalue weighted by Crippen LogP contribution is 2.39. The van der Waals surface area contributed by atoms with E-state index >= 15 is 0 Å². The van der Waals surface area contributed by atoms with Crippen molar-refractivity contribution < 1.29 is 9.52 Å². The summed E-state index contributed by atoms with van der Waals surface area (Å²) in [7, 11) is 0. The van der Waals surface area contributed by atoms with E-state index in [9.17, 15) is 5.11 Å². The van der Waals surface area contributed by atoms with Gasteiger partial charge in [0.25, 0.3) is 0 Å². The molecule has 0 unspecified atom stereocenters. The van der Waals surface area contributed by atoms with Crippen LogP contribution in [-0.4, -0.2) is 32.8 Å². The topological polar surface area (TPSA) is 62.4 Å². The fourth-order valence-corrected chi connectivity index (χ4v) is 3.59. The molecule has 0 bridgehead atoms. The average Bonchev–Trinajstić information content (AvgIpc) is 3.35. The predicted octanol–water partition coefficient (Wildman–Crippen LogP) is 3.64. The zero-order valence-corrected chi connectivity index (χ0v) is 14.0. The maximum absolute atomic E-state index is 9.39. The molecule has 1 saturated carbocycles. The van der Waals surface area contributed by atoms with Crippen LogP contribution in [0.5, 0.6) is 5.75 Å². The van der Waals surface area contributed by atoms with Crippen molar-refractivity contribution >= 4 is 0 Å². The Hall–Kier alpha value is -1.88. The van der Waals surface area contributed by atoms with Gasteiger partial charge in [0.1, 0.15) is 5.75 Å². The summed E-state index contributed by atoms with van der Waals surface area (Å²) in [5.41, 5.74) is 1.28. The molecule has 4 rings (SSSR count). The van der Waals surface area contributed by atoms with Gasteiger partial charge in [0.2, 0.25) is 11.8 Å². The van der Waals surface area contributed by atoms with Crippen molar-refractivity contribution in [1.82, 2.24) is 15.1 Å². The number of aromatic hydroxyl groups is 1.